The SMILES string of the molecule is CCOC(=O)Cn1c(=NC(=O)c2ccco2)sc2cccc(Cl)c21. The number of amides is 1. The van der Waals surface area contributed by atoms with Gasteiger partial charge in [0.2, 0.25) is 0 Å². The van der Waals surface area contributed by atoms with E-state index in [-0.39, 0.29) is 18.9 Å². The van der Waals surface area contributed by atoms with Crippen molar-refractivity contribution in [2.24, 2.45) is 4.99 Å². The van der Waals surface area contributed by atoms with Crippen molar-refractivity contribution in [3.8, 4) is 0 Å². The molecule has 0 spiro atoms. The monoisotopic (exact) mass is 364 g/mol. The van der Waals surface area contributed by atoms with Crippen molar-refractivity contribution < 1.29 is 18.7 Å². The number of benzene rings is 1. The zero-order chi connectivity index (χ0) is 17.1. The Bertz CT molecular complexity index is 956. The number of thiazole rings is 1. The second kappa shape index (κ2) is 7.02. The van der Waals surface area contributed by atoms with Gasteiger partial charge in [-0.05, 0) is 31.2 Å². The first kappa shape index (κ1) is 16.5. The van der Waals surface area contributed by atoms with Gasteiger partial charge in [-0.1, -0.05) is 29.0 Å². The van der Waals surface area contributed by atoms with E-state index in [1.54, 1.807) is 29.7 Å². The Hall–Kier alpha value is -2.38. The molecule has 1 amide bonds. The number of hydrogen-bond acceptors (Lipinski definition) is 5. The number of furan rings is 1. The van der Waals surface area contributed by atoms with Crippen LogP contribution in [-0.4, -0.2) is 23.1 Å². The maximum atomic E-state index is 12.2. The lowest BCUT2D eigenvalue weighted by Crippen LogP contribution is -2.23. The fourth-order valence-electron chi connectivity index (χ4n) is 2.20. The largest absolute Gasteiger partial charge is 0.465 e. The lowest BCUT2D eigenvalue weighted by Gasteiger charge is -2.05. The van der Waals surface area contributed by atoms with Gasteiger partial charge < -0.3 is 13.7 Å². The average molecular weight is 365 g/mol. The number of nitrogens with zero attached hydrogens (tertiary/aromatic N) is 2. The van der Waals surface area contributed by atoms with Crippen molar-refractivity contribution in [3.05, 3.63) is 52.2 Å². The van der Waals surface area contributed by atoms with E-state index in [1.165, 1.54) is 23.7 Å². The van der Waals surface area contributed by atoms with E-state index in [9.17, 15) is 9.59 Å². The van der Waals surface area contributed by atoms with Crippen LogP contribution in [0, 0.1) is 0 Å². The lowest BCUT2D eigenvalue weighted by molar-refractivity contribution is -0.143. The van der Waals surface area contributed by atoms with E-state index >= 15 is 0 Å². The highest BCUT2D eigenvalue weighted by Gasteiger charge is 2.15. The normalized spacial score (nSPS) is 11.8. The standard InChI is InChI=1S/C16H13ClN2O4S/c1-2-22-13(20)9-19-14-10(17)5-3-7-12(14)24-16(19)18-15(21)11-6-4-8-23-11/h3-8H,2,9H2,1H3. The number of hydrogen-bond donors (Lipinski definition) is 0. The Kier molecular flexibility index (Phi) is 4.82. The number of rotatable bonds is 4. The van der Waals surface area contributed by atoms with Gasteiger partial charge in [0.15, 0.2) is 10.6 Å². The summed E-state index contributed by atoms with van der Waals surface area (Å²) in [5.41, 5.74) is 0.642. The first-order chi connectivity index (χ1) is 11.6. The molecule has 0 fully saturated rings. The molecular formula is C16H13ClN2O4S. The van der Waals surface area contributed by atoms with Crippen LogP contribution in [0.15, 0.2) is 46.0 Å². The number of para-hydroxylation sites is 1. The number of aromatic nitrogens is 1. The quantitative estimate of drug-likeness (QED) is 0.666. The Balaban J connectivity index is 2.14. The van der Waals surface area contributed by atoms with Gasteiger partial charge in [-0.15, -0.1) is 0 Å². The summed E-state index contributed by atoms with van der Waals surface area (Å²) in [6.07, 6.45) is 1.40. The van der Waals surface area contributed by atoms with Crippen LogP contribution in [0.3, 0.4) is 0 Å². The van der Waals surface area contributed by atoms with Crippen molar-refractivity contribution in [1.29, 1.82) is 0 Å². The highest BCUT2D eigenvalue weighted by molar-refractivity contribution is 7.16. The number of halogens is 1. The molecule has 0 atom stereocenters. The molecule has 0 unspecified atom stereocenters. The molecule has 2 heterocycles. The molecule has 24 heavy (non-hydrogen) atoms. The summed E-state index contributed by atoms with van der Waals surface area (Å²) in [4.78, 5) is 28.5. The molecule has 0 N–H and O–H groups in total. The van der Waals surface area contributed by atoms with Crippen LogP contribution >= 0.6 is 22.9 Å². The van der Waals surface area contributed by atoms with Crippen molar-refractivity contribution >= 4 is 45.0 Å². The molecule has 2 aromatic heterocycles. The molecule has 0 aliphatic rings. The van der Waals surface area contributed by atoms with E-state index in [0.29, 0.717) is 15.3 Å². The van der Waals surface area contributed by atoms with Crippen molar-refractivity contribution in [2.45, 2.75) is 13.5 Å². The third-order valence-corrected chi connectivity index (χ3v) is 4.52. The van der Waals surface area contributed by atoms with E-state index in [0.717, 1.165) is 4.70 Å². The molecule has 0 aliphatic carbocycles. The minimum atomic E-state index is -0.528. The third-order valence-electron chi connectivity index (χ3n) is 3.17. The average Bonchev–Trinajstić information content (AvgIpc) is 3.17. The second-order valence-electron chi connectivity index (χ2n) is 4.76. The van der Waals surface area contributed by atoms with Gasteiger partial charge >= 0.3 is 11.9 Å². The smallest absolute Gasteiger partial charge is 0.326 e. The molecule has 1 aromatic carbocycles. The number of carbonyl (C=O) groups is 2. The van der Waals surface area contributed by atoms with Gasteiger partial charge in [0.25, 0.3) is 0 Å². The van der Waals surface area contributed by atoms with Crippen molar-refractivity contribution in [2.75, 3.05) is 6.61 Å². The van der Waals surface area contributed by atoms with Crippen molar-refractivity contribution in [1.82, 2.24) is 4.57 Å². The zero-order valence-electron chi connectivity index (χ0n) is 12.7. The fourth-order valence-corrected chi connectivity index (χ4v) is 3.58. The minimum absolute atomic E-state index is 0.0815. The summed E-state index contributed by atoms with van der Waals surface area (Å²) in [6.45, 7) is 1.92. The summed E-state index contributed by atoms with van der Waals surface area (Å²) >= 11 is 7.53. The molecule has 3 aromatic rings. The fraction of sp³-hybridized carbons (Fsp3) is 0.188. The Morgan fingerprint density at radius 2 is 2.17 bits per heavy atom. The Morgan fingerprint density at radius 3 is 2.88 bits per heavy atom. The third kappa shape index (κ3) is 3.27. The summed E-state index contributed by atoms with van der Waals surface area (Å²) in [5.74, 6) is -0.828. The first-order valence-electron chi connectivity index (χ1n) is 7.16. The zero-order valence-corrected chi connectivity index (χ0v) is 14.3. The molecular weight excluding hydrogens is 352 g/mol. The summed E-state index contributed by atoms with van der Waals surface area (Å²) in [6, 6.07) is 8.51. The molecule has 0 bridgehead atoms. The second-order valence-corrected chi connectivity index (χ2v) is 6.17. The predicted octanol–water partition coefficient (Wildman–Crippen LogP) is 3.25. The van der Waals surface area contributed by atoms with E-state index in [4.69, 9.17) is 20.8 Å². The van der Waals surface area contributed by atoms with Crippen LogP contribution in [0.25, 0.3) is 10.2 Å². The number of carbonyl (C=O) groups excluding carboxylic acids is 2. The van der Waals surface area contributed by atoms with Gasteiger partial charge in [0, 0.05) is 0 Å². The van der Waals surface area contributed by atoms with Crippen LogP contribution in [0.2, 0.25) is 5.02 Å². The first-order valence-corrected chi connectivity index (χ1v) is 8.35. The molecule has 6 nitrogen and oxygen atoms in total. The van der Waals surface area contributed by atoms with Gasteiger partial charge in [-0.3, -0.25) is 9.59 Å². The molecule has 0 aliphatic heterocycles. The van der Waals surface area contributed by atoms with Crippen molar-refractivity contribution in [3.63, 3.8) is 0 Å². The van der Waals surface area contributed by atoms with Gasteiger partial charge in [-0.2, -0.15) is 4.99 Å². The number of esters is 1. The van der Waals surface area contributed by atoms with Crippen LogP contribution in [0.1, 0.15) is 17.5 Å². The Morgan fingerprint density at radius 1 is 1.33 bits per heavy atom. The number of fused-ring (bicyclic) bond motifs is 1. The minimum Gasteiger partial charge on any atom is -0.465 e. The molecule has 0 radical (unpaired) electrons. The highest BCUT2D eigenvalue weighted by atomic mass is 35.5. The molecule has 8 heteroatoms. The maximum absolute atomic E-state index is 12.2. The summed E-state index contributed by atoms with van der Waals surface area (Å²) in [5, 5.41) is 0.472. The van der Waals surface area contributed by atoms with Crippen LogP contribution in [0.4, 0.5) is 0 Å². The Labute approximate surface area is 145 Å². The van der Waals surface area contributed by atoms with Crippen LogP contribution in [0.5, 0.6) is 0 Å². The van der Waals surface area contributed by atoms with Gasteiger partial charge in [0.1, 0.15) is 6.54 Å². The summed E-state index contributed by atoms with van der Waals surface area (Å²) < 4.78 is 12.5. The number of ether oxygens (including phenoxy) is 1. The van der Waals surface area contributed by atoms with Gasteiger partial charge in [-0.25, -0.2) is 0 Å². The lowest BCUT2D eigenvalue weighted by atomic mass is 10.3. The molecule has 0 saturated heterocycles. The van der Waals surface area contributed by atoms with Crippen LogP contribution < -0.4 is 4.80 Å². The molecule has 0 saturated carbocycles. The highest BCUT2D eigenvalue weighted by Crippen LogP contribution is 2.25. The summed E-state index contributed by atoms with van der Waals surface area (Å²) in [7, 11) is 0. The predicted molar refractivity (Wildman–Crippen MR) is 90.1 cm³/mol. The van der Waals surface area contributed by atoms with Crippen LogP contribution in [-0.2, 0) is 16.1 Å². The maximum Gasteiger partial charge on any atom is 0.326 e. The van der Waals surface area contributed by atoms with E-state index in [2.05, 4.69) is 4.99 Å². The topological polar surface area (TPSA) is 73.8 Å². The van der Waals surface area contributed by atoms with Gasteiger partial charge in [0.05, 0.1) is 28.1 Å². The molecule has 3 rings (SSSR count). The van der Waals surface area contributed by atoms with E-state index in [1.807, 2.05) is 6.07 Å². The van der Waals surface area contributed by atoms with E-state index < -0.39 is 11.9 Å². The molecule has 124 valence electrons.